The van der Waals surface area contributed by atoms with Crippen LogP contribution in [-0.4, -0.2) is 21.7 Å². The zero-order valence-corrected chi connectivity index (χ0v) is 11.0. The van der Waals surface area contributed by atoms with Crippen LogP contribution in [0.2, 0.25) is 0 Å². The van der Waals surface area contributed by atoms with Crippen molar-refractivity contribution >= 4 is 22.8 Å². The molecule has 2 N–H and O–H groups in total. The minimum atomic E-state index is -0.503. The first-order chi connectivity index (χ1) is 8.35. The molecule has 0 fully saturated rings. The number of imidazole rings is 1. The summed E-state index contributed by atoms with van der Waals surface area (Å²) >= 11 is 0. The molecule has 0 radical (unpaired) electrons. The van der Waals surface area contributed by atoms with Gasteiger partial charge in [0, 0.05) is 5.69 Å². The molecule has 1 amide bonds. The number of carbonyl (C=O) groups excluding carboxylic acids is 1. The number of nitrogens with one attached hydrogen (secondary N) is 2. The van der Waals surface area contributed by atoms with E-state index in [0.717, 1.165) is 16.6 Å². The number of nitrogens with zero attached hydrogens (tertiary/aromatic N) is 1. The highest BCUT2D eigenvalue weighted by Gasteiger charge is 2.16. The Kier molecular flexibility index (Phi) is 2.98. The van der Waals surface area contributed by atoms with E-state index < -0.39 is 11.7 Å². The molecule has 0 aliphatic heterocycles. The Morgan fingerprint density at radius 3 is 2.78 bits per heavy atom. The van der Waals surface area contributed by atoms with Gasteiger partial charge < -0.3 is 9.72 Å². The monoisotopic (exact) mass is 247 g/mol. The number of hydrogen-bond acceptors (Lipinski definition) is 3. The second-order valence-electron chi connectivity index (χ2n) is 5.22. The fourth-order valence-corrected chi connectivity index (χ4v) is 1.72. The zero-order valence-electron chi connectivity index (χ0n) is 11.0. The molecule has 0 aliphatic carbocycles. The first-order valence-electron chi connectivity index (χ1n) is 5.79. The molecule has 18 heavy (non-hydrogen) atoms. The summed E-state index contributed by atoms with van der Waals surface area (Å²) in [6.45, 7) is 7.44. The lowest BCUT2D eigenvalue weighted by Crippen LogP contribution is -2.27. The van der Waals surface area contributed by atoms with Crippen molar-refractivity contribution in [2.75, 3.05) is 5.32 Å². The lowest BCUT2D eigenvalue weighted by Gasteiger charge is -2.19. The molecular weight excluding hydrogens is 230 g/mol. The summed E-state index contributed by atoms with van der Waals surface area (Å²) in [6.07, 6.45) is 1.18. The minimum absolute atomic E-state index is 0.458. The fourth-order valence-electron chi connectivity index (χ4n) is 1.72. The largest absolute Gasteiger partial charge is 0.444 e. The number of fused-ring (bicyclic) bond motifs is 1. The van der Waals surface area contributed by atoms with E-state index in [1.165, 1.54) is 0 Å². The highest BCUT2D eigenvalue weighted by molar-refractivity contribution is 5.90. The average molecular weight is 247 g/mol. The zero-order chi connectivity index (χ0) is 13.3. The Morgan fingerprint density at radius 2 is 2.11 bits per heavy atom. The van der Waals surface area contributed by atoms with Crippen molar-refractivity contribution in [3.05, 3.63) is 24.0 Å². The molecule has 1 aromatic carbocycles. The maximum atomic E-state index is 11.7. The summed E-state index contributed by atoms with van der Waals surface area (Å²) in [5.41, 5.74) is 2.99. The maximum absolute atomic E-state index is 11.7. The summed E-state index contributed by atoms with van der Waals surface area (Å²) < 4.78 is 5.20. The van der Waals surface area contributed by atoms with Gasteiger partial charge in [0.25, 0.3) is 0 Å². The summed E-state index contributed by atoms with van der Waals surface area (Å²) in [5.74, 6) is 0. The van der Waals surface area contributed by atoms with Crippen LogP contribution in [0, 0.1) is 6.92 Å². The van der Waals surface area contributed by atoms with Crippen molar-refractivity contribution in [3.63, 3.8) is 0 Å². The number of anilines is 1. The van der Waals surface area contributed by atoms with E-state index >= 15 is 0 Å². The second kappa shape index (κ2) is 4.33. The van der Waals surface area contributed by atoms with Gasteiger partial charge in [0.2, 0.25) is 0 Å². The van der Waals surface area contributed by atoms with Crippen LogP contribution in [0.25, 0.3) is 11.0 Å². The Morgan fingerprint density at radius 1 is 1.39 bits per heavy atom. The first kappa shape index (κ1) is 12.4. The van der Waals surface area contributed by atoms with Gasteiger partial charge in [-0.05, 0) is 45.4 Å². The predicted octanol–water partition coefficient (Wildman–Crippen LogP) is 3.22. The van der Waals surface area contributed by atoms with Crippen LogP contribution in [-0.2, 0) is 4.74 Å². The molecule has 96 valence electrons. The molecule has 1 aromatic heterocycles. The third-order valence-corrected chi connectivity index (χ3v) is 2.36. The van der Waals surface area contributed by atoms with Crippen LogP contribution < -0.4 is 5.32 Å². The quantitative estimate of drug-likeness (QED) is 0.813. The lowest BCUT2D eigenvalue weighted by molar-refractivity contribution is 0.0636. The molecule has 0 atom stereocenters. The Labute approximate surface area is 106 Å². The van der Waals surface area contributed by atoms with Crippen LogP contribution in [0.1, 0.15) is 26.3 Å². The highest BCUT2D eigenvalue weighted by atomic mass is 16.6. The van der Waals surface area contributed by atoms with Crippen LogP contribution in [0.4, 0.5) is 10.5 Å². The third-order valence-electron chi connectivity index (χ3n) is 2.36. The molecule has 0 unspecified atom stereocenters. The summed E-state index contributed by atoms with van der Waals surface area (Å²) in [4.78, 5) is 18.9. The molecule has 1 heterocycles. The number of aromatic nitrogens is 2. The molecule has 0 saturated heterocycles. The van der Waals surface area contributed by atoms with Gasteiger partial charge in [-0.25, -0.2) is 9.78 Å². The van der Waals surface area contributed by atoms with Gasteiger partial charge in [0.1, 0.15) is 5.60 Å². The van der Waals surface area contributed by atoms with Gasteiger partial charge in [-0.3, -0.25) is 5.32 Å². The number of amides is 1. The van der Waals surface area contributed by atoms with Crippen LogP contribution in [0.3, 0.4) is 0 Å². The number of ether oxygens (including phenoxy) is 1. The van der Waals surface area contributed by atoms with E-state index in [1.54, 1.807) is 6.33 Å². The average Bonchev–Trinajstić information content (AvgIpc) is 2.62. The fraction of sp³-hybridized carbons (Fsp3) is 0.385. The van der Waals surface area contributed by atoms with Gasteiger partial charge in [0.15, 0.2) is 0 Å². The Hall–Kier alpha value is -2.04. The number of aryl methyl sites for hydroxylation is 1. The Balaban J connectivity index is 2.19. The molecule has 0 aliphatic rings. The van der Waals surface area contributed by atoms with Gasteiger partial charge >= 0.3 is 6.09 Å². The van der Waals surface area contributed by atoms with Crippen molar-refractivity contribution < 1.29 is 9.53 Å². The summed E-state index contributed by atoms with van der Waals surface area (Å²) in [7, 11) is 0. The van der Waals surface area contributed by atoms with E-state index in [1.807, 2.05) is 39.8 Å². The van der Waals surface area contributed by atoms with Crippen LogP contribution in [0.15, 0.2) is 18.5 Å². The topological polar surface area (TPSA) is 67.0 Å². The normalized spacial score (nSPS) is 11.6. The molecule has 2 aromatic rings. The van der Waals surface area contributed by atoms with Crippen LogP contribution >= 0.6 is 0 Å². The highest BCUT2D eigenvalue weighted by Crippen LogP contribution is 2.21. The van der Waals surface area contributed by atoms with Gasteiger partial charge in [-0.1, -0.05) is 0 Å². The van der Waals surface area contributed by atoms with E-state index in [0.29, 0.717) is 5.69 Å². The smallest absolute Gasteiger partial charge is 0.412 e. The number of rotatable bonds is 1. The van der Waals surface area contributed by atoms with E-state index in [-0.39, 0.29) is 0 Å². The lowest BCUT2D eigenvalue weighted by atomic mass is 10.2. The molecule has 0 saturated carbocycles. The summed E-state index contributed by atoms with van der Waals surface area (Å²) in [6, 6.07) is 3.70. The second-order valence-corrected chi connectivity index (χ2v) is 5.22. The van der Waals surface area contributed by atoms with E-state index in [9.17, 15) is 4.79 Å². The predicted molar refractivity (Wildman–Crippen MR) is 70.7 cm³/mol. The minimum Gasteiger partial charge on any atom is -0.444 e. The number of H-pyrrole nitrogens is 1. The number of benzene rings is 1. The SMILES string of the molecule is Cc1cc(NC(=O)OC(C)(C)C)cc2[nH]cnc12. The van der Waals surface area contributed by atoms with Crippen molar-refractivity contribution in [3.8, 4) is 0 Å². The standard InChI is InChI=1S/C13H17N3O2/c1-8-5-9(6-10-11(8)15-7-14-10)16-12(17)18-13(2,3)4/h5-7H,1-4H3,(H,14,15)(H,16,17). The van der Waals surface area contributed by atoms with Crippen molar-refractivity contribution in [1.82, 2.24) is 9.97 Å². The van der Waals surface area contributed by atoms with E-state index in [4.69, 9.17) is 4.74 Å². The molecule has 2 rings (SSSR count). The molecular formula is C13H17N3O2. The molecule has 0 bridgehead atoms. The third kappa shape index (κ3) is 2.80. The number of aromatic amines is 1. The number of hydrogen-bond donors (Lipinski definition) is 2. The van der Waals surface area contributed by atoms with Gasteiger partial charge in [-0.2, -0.15) is 0 Å². The van der Waals surface area contributed by atoms with Gasteiger partial charge in [0.05, 0.1) is 17.4 Å². The number of carbonyl (C=O) groups is 1. The summed E-state index contributed by atoms with van der Waals surface area (Å²) in [5, 5.41) is 2.71. The molecule has 5 nitrogen and oxygen atoms in total. The molecule has 0 spiro atoms. The van der Waals surface area contributed by atoms with Gasteiger partial charge in [-0.15, -0.1) is 0 Å². The van der Waals surface area contributed by atoms with Crippen molar-refractivity contribution in [2.45, 2.75) is 33.3 Å². The van der Waals surface area contributed by atoms with E-state index in [2.05, 4.69) is 15.3 Å². The van der Waals surface area contributed by atoms with Crippen molar-refractivity contribution in [1.29, 1.82) is 0 Å². The first-order valence-corrected chi connectivity index (χ1v) is 5.79. The van der Waals surface area contributed by atoms with Crippen molar-refractivity contribution in [2.24, 2.45) is 0 Å². The maximum Gasteiger partial charge on any atom is 0.412 e. The van der Waals surface area contributed by atoms with Crippen LogP contribution in [0.5, 0.6) is 0 Å². The Bertz CT molecular complexity index is 581. The molecule has 5 heteroatoms.